The second-order valence-corrected chi connectivity index (χ2v) is 10.1. The first kappa shape index (κ1) is 17.6. The van der Waals surface area contributed by atoms with Crippen molar-refractivity contribution in [3.05, 3.63) is 44.8 Å². The first-order valence-electron chi connectivity index (χ1n) is 9.88. The lowest BCUT2D eigenvalue weighted by Gasteiger charge is -2.21. The number of anilines is 1. The molecular formula is C21H25N3OS2. The molecule has 2 amide bonds. The molecule has 1 aliphatic heterocycles. The molecule has 0 spiro atoms. The van der Waals surface area contributed by atoms with Crippen molar-refractivity contribution in [3.8, 4) is 0 Å². The van der Waals surface area contributed by atoms with Crippen LogP contribution in [0.1, 0.15) is 45.5 Å². The lowest BCUT2D eigenvalue weighted by molar-refractivity contribution is 0.257. The SMILES string of the molecule is CN1CCc2cc(SNC(=O)Nc3c4c(cc5c3CCC5)CCC4)sc2C1. The van der Waals surface area contributed by atoms with Crippen molar-refractivity contribution in [2.24, 2.45) is 0 Å². The molecule has 1 aromatic heterocycles. The fraction of sp³-hybridized carbons (Fsp3) is 0.476. The number of hydrogen-bond acceptors (Lipinski definition) is 4. The van der Waals surface area contributed by atoms with Gasteiger partial charge in [0.1, 0.15) is 0 Å². The molecule has 6 heteroatoms. The van der Waals surface area contributed by atoms with Crippen LogP contribution in [0.3, 0.4) is 0 Å². The average molecular weight is 400 g/mol. The van der Waals surface area contributed by atoms with Crippen molar-refractivity contribution < 1.29 is 4.79 Å². The van der Waals surface area contributed by atoms with E-state index in [1.807, 2.05) is 0 Å². The van der Waals surface area contributed by atoms with Crippen molar-refractivity contribution in [2.75, 3.05) is 18.9 Å². The van der Waals surface area contributed by atoms with Crippen molar-refractivity contribution in [3.63, 3.8) is 0 Å². The summed E-state index contributed by atoms with van der Waals surface area (Å²) in [5.74, 6) is 0. The van der Waals surface area contributed by atoms with Gasteiger partial charge in [0.15, 0.2) is 0 Å². The topological polar surface area (TPSA) is 44.4 Å². The molecule has 2 aromatic rings. The minimum Gasteiger partial charge on any atom is -0.307 e. The Balaban J connectivity index is 1.28. The van der Waals surface area contributed by atoms with E-state index in [-0.39, 0.29) is 6.03 Å². The van der Waals surface area contributed by atoms with Crippen LogP contribution in [0.25, 0.3) is 0 Å². The van der Waals surface area contributed by atoms with Gasteiger partial charge in [0.05, 0.1) is 4.21 Å². The highest BCUT2D eigenvalue weighted by Crippen LogP contribution is 2.39. The zero-order valence-corrected chi connectivity index (χ0v) is 17.3. The van der Waals surface area contributed by atoms with Crippen molar-refractivity contribution in [2.45, 2.75) is 55.7 Å². The van der Waals surface area contributed by atoms with E-state index < -0.39 is 0 Å². The van der Waals surface area contributed by atoms with E-state index in [4.69, 9.17) is 0 Å². The van der Waals surface area contributed by atoms with Gasteiger partial charge in [-0.1, -0.05) is 6.07 Å². The molecule has 2 aliphatic carbocycles. The molecule has 0 saturated heterocycles. The molecule has 2 heterocycles. The van der Waals surface area contributed by atoms with Crippen LogP contribution < -0.4 is 10.0 Å². The van der Waals surface area contributed by atoms with E-state index in [1.165, 1.54) is 61.7 Å². The van der Waals surface area contributed by atoms with Crippen molar-refractivity contribution in [1.82, 2.24) is 9.62 Å². The number of carbonyl (C=O) groups is 1. The van der Waals surface area contributed by atoms with Crippen LogP contribution in [0, 0.1) is 0 Å². The smallest absolute Gasteiger partial charge is 0.307 e. The Morgan fingerprint density at radius 1 is 1.04 bits per heavy atom. The summed E-state index contributed by atoms with van der Waals surface area (Å²) in [6.45, 7) is 2.14. The van der Waals surface area contributed by atoms with Crippen LogP contribution in [0.15, 0.2) is 16.3 Å². The predicted octanol–water partition coefficient (Wildman–Crippen LogP) is 4.54. The Labute approximate surface area is 168 Å². The van der Waals surface area contributed by atoms with Gasteiger partial charge in [-0.3, -0.25) is 4.72 Å². The number of urea groups is 1. The summed E-state index contributed by atoms with van der Waals surface area (Å²) in [5.41, 5.74) is 8.22. The second kappa shape index (κ2) is 7.15. The maximum atomic E-state index is 12.6. The molecule has 0 saturated carbocycles. The quantitative estimate of drug-likeness (QED) is 0.745. The zero-order chi connectivity index (χ0) is 18.4. The number of nitrogens with one attached hydrogen (secondary N) is 2. The van der Waals surface area contributed by atoms with Gasteiger partial charge in [0.2, 0.25) is 0 Å². The monoisotopic (exact) mass is 399 g/mol. The standard InChI is InChI=1S/C21H25N3OS2/c1-24-9-8-15-11-19(26-18(15)12-24)27-23-21(25)22-20-16-6-2-4-13(16)10-14-5-3-7-17(14)20/h10-11H,2-9,12H2,1H3,(H2,22,23,25). The Morgan fingerprint density at radius 2 is 1.78 bits per heavy atom. The number of thiophene rings is 1. The highest BCUT2D eigenvalue weighted by atomic mass is 32.2. The van der Waals surface area contributed by atoms with E-state index in [0.717, 1.165) is 50.9 Å². The molecule has 5 rings (SSSR count). The fourth-order valence-corrected chi connectivity index (χ4v) is 6.73. The summed E-state index contributed by atoms with van der Waals surface area (Å²) in [6, 6.07) is 4.55. The van der Waals surface area contributed by atoms with Gasteiger partial charge in [0, 0.05) is 23.7 Å². The van der Waals surface area contributed by atoms with Gasteiger partial charge >= 0.3 is 6.03 Å². The number of likely N-dealkylation sites (N-methyl/N-ethyl adjacent to an activating group) is 1. The van der Waals surface area contributed by atoms with E-state index in [1.54, 1.807) is 11.3 Å². The van der Waals surface area contributed by atoms with Gasteiger partial charge in [0.25, 0.3) is 0 Å². The number of carbonyl (C=O) groups excluding carboxylic acids is 1. The van der Waals surface area contributed by atoms with Crippen molar-refractivity contribution in [1.29, 1.82) is 0 Å². The number of nitrogens with zero attached hydrogens (tertiary/aromatic N) is 1. The van der Waals surface area contributed by atoms with E-state index in [2.05, 4.69) is 34.1 Å². The Morgan fingerprint density at radius 3 is 2.52 bits per heavy atom. The number of benzene rings is 1. The van der Waals surface area contributed by atoms with Gasteiger partial charge in [-0.05, 0) is 97.8 Å². The maximum absolute atomic E-state index is 12.6. The minimum atomic E-state index is -0.0992. The molecule has 27 heavy (non-hydrogen) atoms. The lowest BCUT2D eigenvalue weighted by atomic mass is 9.99. The molecule has 2 N–H and O–H groups in total. The molecule has 3 aliphatic rings. The van der Waals surface area contributed by atoms with E-state index in [9.17, 15) is 4.79 Å². The summed E-state index contributed by atoms with van der Waals surface area (Å²) in [7, 11) is 2.16. The average Bonchev–Trinajstić information content (AvgIpc) is 3.37. The first-order valence-corrected chi connectivity index (χ1v) is 11.5. The third kappa shape index (κ3) is 3.39. The number of amides is 2. The number of fused-ring (bicyclic) bond motifs is 3. The van der Waals surface area contributed by atoms with Crippen LogP contribution in [0.2, 0.25) is 0 Å². The Bertz CT molecular complexity index is 873. The largest absolute Gasteiger partial charge is 0.329 e. The normalized spacial score (nSPS) is 18.1. The van der Waals surface area contributed by atoms with Crippen LogP contribution in [-0.4, -0.2) is 24.5 Å². The third-order valence-electron chi connectivity index (χ3n) is 6.01. The molecule has 0 fully saturated rings. The van der Waals surface area contributed by atoms with Crippen LogP contribution in [0.5, 0.6) is 0 Å². The minimum absolute atomic E-state index is 0.0992. The summed E-state index contributed by atoms with van der Waals surface area (Å²) < 4.78 is 4.19. The van der Waals surface area contributed by atoms with Gasteiger partial charge < -0.3 is 10.2 Å². The summed E-state index contributed by atoms with van der Waals surface area (Å²) in [6.07, 6.45) is 8.02. The first-order chi connectivity index (χ1) is 13.2. The molecule has 142 valence electrons. The second-order valence-electron chi connectivity index (χ2n) is 7.89. The van der Waals surface area contributed by atoms with E-state index in [0.29, 0.717) is 0 Å². The summed E-state index contributed by atoms with van der Waals surface area (Å²) >= 11 is 3.25. The Kier molecular flexibility index (Phi) is 4.66. The summed E-state index contributed by atoms with van der Waals surface area (Å²) in [5, 5.41) is 3.21. The van der Waals surface area contributed by atoms with Crippen LogP contribution in [0.4, 0.5) is 10.5 Å². The third-order valence-corrected chi connectivity index (χ3v) is 8.07. The molecule has 0 bridgehead atoms. The zero-order valence-electron chi connectivity index (χ0n) is 15.7. The fourth-order valence-electron chi connectivity index (χ4n) is 4.67. The van der Waals surface area contributed by atoms with Gasteiger partial charge in [-0.25, -0.2) is 4.79 Å². The predicted molar refractivity (Wildman–Crippen MR) is 113 cm³/mol. The Hall–Kier alpha value is -1.50. The highest BCUT2D eigenvalue weighted by Gasteiger charge is 2.25. The molecule has 0 unspecified atom stereocenters. The lowest BCUT2D eigenvalue weighted by Crippen LogP contribution is -2.24. The van der Waals surface area contributed by atoms with Gasteiger partial charge in [-0.15, -0.1) is 11.3 Å². The van der Waals surface area contributed by atoms with Crippen LogP contribution in [-0.2, 0) is 38.6 Å². The maximum Gasteiger partial charge on any atom is 0.329 e. The molecule has 0 radical (unpaired) electrons. The van der Waals surface area contributed by atoms with Crippen molar-refractivity contribution >= 4 is 35.0 Å². The molecule has 0 atom stereocenters. The van der Waals surface area contributed by atoms with Crippen LogP contribution >= 0.6 is 23.3 Å². The molecule has 4 nitrogen and oxygen atoms in total. The number of aryl methyl sites for hydroxylation is 2. The van der Waals surface area contributed by atoms with Gasteiger partial charge in [-0.2, -0.15) is 0 Å². The molecular weight excluding hydrogens is 374 g/mol. The molecule has 1 aromatic carbocycles. The number of rotatable bonds is 3. The van der Waals surface area contributed by atoms with E-state index >= 15 is 0 Å². The summed E-state index contributed by atoms with van der Waals surface area (Å²) in [4.78, 5) is 16.4. The number of hydrogen-bond donors (Lipinski definition) is 2. The highest BCUT2D eigenvalue weighted by molar-refractivity contribution is 7.99.